The molecular formula is C20H30ClN7O. The van der Waals surface area contributed by atoms with Crippen LogP contribution in [0, 0.1) is 35.5 Å². The molecule has 0 unspecified atom stereocenters. The van der Waals surface area contributed by atoms with Gasteiger partial charge in [-0.1, -0.05) is 19.8 Å². The molecule has 8 nitrogen and oxygen atoms in total. The van der Waals surface area contributed by atoms with Gasteiger partial charge in [-0.2, -0.15) is 15.0 Å². The van der Waals surface area contributed by atoms with Gasteiger partial charge in [0.25, 0.3) is 0 Å². The molecule has 0 radical (unpaired) electrons. The third-order valence-corrected chi connectivity index (χ3v) is 6.60. The van der Waals surface area contributed by atoms with E-state index in [1.54, 1.807) is 0 Å². The molecule has 1 amide bonds. The molecule has 1 aromatic heterocycles. The summed E-state index contributed by atoms with van der Waals surface area (Å²) in [5.41, 5.74) is 0.448. The monoisotopic (exact) mass is 419 g/mol. The van der Waals surface area contributed by atoms with Crippen LogP contribution in [0.5, 0.6) is 0 Å². The van der Waals surface area contributed by atoms with Crippen LogP contribution in [-0.4, -0.2) is 52.9 Å². The van der Waals surface area contributed by atoms with E-state index in [2.05, 4.69) is 56.0 Å². The first-order chi connectivity index (χ1) is 13.9. The average Bonchev–Trinajstić information content (AvgIpc) is 2.73. The van der Waals surface area contributed by atoms with Gasteiger partial charge in [-0.15, -0.1) is 18.0 Å². The molecule has 3 fully saturated rings. The standard InChI is InChI=1S/C20H30ClN7O/c1-4-7-23-17-26-18(24-9-8-22-16(29)11-21)28-19(27-17)25-12-13-5-6-14-10-15(13)20(14,2)3/h1,13-15H,5-12H2,2-3H3,(H,22,29)(H3,23,24,25,26,27,28)/t13-,14-,15-/m1/s1. The molecule has 158 valence electrons. The van der Waals surface area contributed by atoms with Gasteiger partial charge < -0.3 is 21.3 Å². The van der Waals surface area contributed by atoms with E-state index < -0.39 is 0 Å². The van der Waals surface area contributed by atoms with Crippen LogP contribution in [0.25, 0.3) is 0 Å². The van der Waals surface area contributed by atoms with Gasteiger partial charge >= 0.3 is 0 Å². The summed E-state index contributed by atoms with van der Waals surface area (Å²) < 4.78 is 0. The van der Waals surface area contributed by atoms with Crippen LogP contribution in [0.3, 0.4) is 0 Å². The average molecular weight is 420 g/mol. The first-order valence-electron chi connectivity index (χ1n) is 10.2. The lowest BCUT2D eigenvalue weighted by molar-refractivity contribution is -0.118. The van der Waals surface area contributed by atoms with Crippen molar-refractivity contribution < 1.29 is 4.79 Å². The number of nitrogens with zero attached hydrogens (tertiary/aromatic N) is 3. The maximum absolute atomic E-state index is 11.2. The summed E-state index contributed by atoms with van der Waals surface area (Å²) in [4.78, 5) is 24.4. The summed E-state index contributed by atoms with van der Waals surface area (Å²) >= 11 is 5.47. The number of anilines is 3. The summed E-state index contributed by atoms with van der Waals surface area (Å²) in [7, 11) is 0. The first kappa shape index (κ1) is 21.4. The van der Waals surface area contributed by atoms with Gasteiger partial charge in [0.05, 0.1) is 6.54 Å². The molecule has 4 N–H and O–H groups in total. The molecule has 3 aliphatic rings. The van der Waals surface area contributed by atoms with Crippen LogP contribution >= 0.6 is 11.6 Å². The van der Waals surface area contributed by atoms with Gasteiger partial charge in [0.15, 0.2) is 0 Å². The van der Waals surface area contributed by atoms with E-state index in [4.69, 9.17) is 18.0 Å². The molecule has 3 aliphatic carbocycles. The second-order valence-corrected chi connectivity index (χ2v) is 8.62. The largest absolute Gasteiger partial charge is 0.354 e. The number of rotatable bonds is 10. The molecule has 0 saturated heterocycles. The van der Waals surface area contributed by atoms with Crippen molar-refractivity contribution in [3.05, 3.63) is 0 Å². The van der Waals surface area contributed by atoms with Crippen LogP contribution in [0.15, 0.2) is 0 Å². The smallest absolute Gasteiger partial charge is 0.234 e. The van der Waals surface area contributed by atoms with Crippen LogP contribution < -0.4 is 21.3 Å². The highest BCUT2D eigenvalue weighted by Gasteiger charge is 2.53. The number of aromatic nitrogens is 3. The molecule has 0 aromatic carbocycles. The minimum Gasteiger partial charge on any atom is -0.354 e. The molecule has 0 spiro atoms. The van der Waals surface area contributed by atoms with Crippen LogP contribution in [-0.2, 0) is 4.79 Å². The second kappa shape index (κ2) is 9.49. The van der Waals surface area contributed by atoms with Crippen LogP contribution in [0.2, 0.25) is 0 Å². The van der Waals surface area contributed by atoms with Crippen molar-refractivity contribution in [2.75, 3.05) is 48.0 Å². The number of alkyl halides is 1. The van der Waals surface area contributed by atoms with E-state index >= 15 is 0 Å². The molecule has 3 saturated carbocycles. The number of hydrogen-bond donors (Lipinski definition) is 4. The number of hydrogen-bond acceptors (Lipinski definition) is 7. The van der Waals surface area contributed by atoms with Crippen molar-refractivity contribution in [1.29, 1.82) is 0 Å². The number of fused-ring (bicyclic) bond motifs is 2. The van der Waals surface area contributed by atoms with E-state index in [1.807, 2.05) is 0 Å². The first-order valence-corrected chi connectivity index (χ1v) is 10.7. The quantitative estimate of drug-likeness (QED) is 0.262. The van der Waals surface area contributed by atoms with Gasteiger partial charge in [0, 0.05) is 19.6 Å². The number of halogens is 1. The topological polar surface area (TPSA) is 104 Å². The SMILES string of the molecule is C#CCNc1nc(NCCNC(=O)CCl)nc(NC[C@H]2CC[C@@H]3C[C@H]2C3(C)C)n1. The summed E-state index contributed by atoms with van der Waals surface area (Å²) in [5, 5.41) is 12.2. The van der Waals surface area contributed by atoms with Crippen molar-refractivity contribution in [3.63, 3.8) is 0 Å². The summed E-state index contributed by atoms with van der Waals surface area (Å²) in [6, 6.07) is 0. The van der Waals surface area contributed by atoms with E-state index in [1.165, 1.54) is 19.3 Å². The molecule has 1 heterocycles. The number of carbonyl (C=O) groups is 1. The minimum absolute atomic E-state index is 0.0559. The van der Waals surface area contributed by atoms with Crippen molar-refractivity contribution in [3.8, 4) is 12.3 Å². The van der Waals surface area contributed by atoms with Crippen molar-refractivity contribution >= 4 is 35.4 Å². The fourth-order valence-corrected chi connectivity index (χ4v) is 4.69. The Hall–Kier alpha value is -2.27. The molecule has 3 atom stereocenters. The second-order valence-electron chi connectivity index (χ2n) is 8.35. The molecule has 9 heteroatoms. The van der Waals surface area contributed by atoms with Crippen molar-refractivity contribution in [1.82, 2.24) is 20.3 Å². The predicted molar refractivity (Wildman–Crippen MR) is 116 cm³/mol. The van der Waals surface area contributed by atoms with Gasteiger partial charge in [-0.3, -0.25) is 4.79 Å². The Balaban J connectivity index is 1.59. The van der Waals surface area contributed by atoms with Crippen LogP contribution in [0.1, 0.15) is 33.1 Å². The molecule has 4 rings (SSSR count). The maximum Gasteiger partial charge on any atom is 0.234 e. The van der Waals surface area contributed by atoms with Gasteiger partial charge in [-0.25, -0.2) is 0 Å². The Morgan fingerprint density at radius 1 is 1.14 bits per heavy atom. The van der Waals surface area contributed by atoms with Crippen LogP contribution in [0.4, 0.5) is 17.8 Å². The number of nitrogens with one attached hydrogen (secondary N) is 4. The fourth-order valence-electron chi connectivity index (χ4n) is 4.60. The maximum atomic E-state index is 11.2. The summed E-state index contributed by atoms with van der Waals surface area (Å²) in [6.45, 7) is 6.87. The Morgan fingerprint density at radius 3 is 2.45 bits per heavy atom. The lowest BCUT2D eigenvalue weighted by Gasteiger charge is -2.60. The van der Waals surface area contributed by atoms with Gasteiger partial charge in [-0.05, 0) is 42.4 Å². The number of terminal acetylenes is 1. The molecular weight excluding hydrogens is 390 g/mol. The number of carbonyl (C=O) groups excluding carboxylic acids is 1. The lowest BCUT2D eigenvalue weighted by Crippen LogP contribution is -2.53. The highest BCUT2D eigenvalue weighted by molar-refractivity contribution is 6.27. The Kier molecular flexibility index (Phi) is 7.01. The highest BCUT2D eigenvalue weighted by Crippen LogP contribution is 2.61. The zero-order valence-corrected chi connectivity index (χ0v) is 17.9. The third kappa shape index (κ3) is 5.21. The Labute approximate surface area is 177 Å². The van der Waals surface area contributed by atoms with E-state index in [-0.39, 0.29) is 11.8 Å². The predicted octanol–water partition coefficient (Wildman–Crippen LogP) is 2.17. The summed E-state index contributed by atoms with van der Waals surface area (Å²) in [6.07, 6.45) is 9.23. The van der Waals surface area contributed by atoms with Crippen molar-refractivity contribution in [2.45, 2.75) is 33.1 Å². The van der Waals surface area contributed by atoms with E-state index in [0.29, 0.717) is 48.8 Å². The molecule has 2 bridgehead atoms. The fraction of sp³-hybridized carbons (Fsp3) is 0.700. The van der Waals surface area contributed by atoms with E-state index in [9.17, 15) is 4.79 Å². The molecule has 1 aromatic rings. The minimum atomic E-state index is -0.212. The number of amides is 1. The Morgan fingerprint density at radius 2 is 1.83 bits per heavy atom. The third-order valence-electron chi connectivity index (χ3n) is 6.36. The van der Waals surface area contributed by atoms with Gasteiger partial charge in [0.1, 0.15) is 5.88 Å². The van der Waals surface area contributed by atoms with Gasteiger partial charge in [0.2, 0.25) is 23.8 Å². The zero-order chi connectivity index (χ0) is 20.9. The normalized spacial score (nSPS) is 24.0. The zero-order valence-electron chi connectivity index (χ0n) is 17.1. The summed E-state index contributed by atoms with van der Waals surface area (Å²) in [5.74, 6) is 5.89. The lowest BCUT2D eigenvalue weighted by atomic mass is 9.45. The highest BCUT2D eigenvalue weighted by atomic mass is 35.5. The Bertz CT molecular complexity index is 762. The van der Waals surface area contributed by atoms with E-state index in [0.717, 1.165) is 18.4 Å². The van der Waals surface area contributed by atoms with Crippen molar-refractivity contribution in [2.24, 2.45) is 23.2 Å². The molecule has 29 heavy (non-hydrogen) atoms. The molecule has 0 aliphatic heterocycles.